The van der Waals surface area contributed by atoms with Gasteiger partial charge in [-0.1, -0.05) is 0 Å². The van der Waals surface area contributed by atoms with Gasteiger partial charge in [0.1, 0.15) is 5.60 Å². The zero-order valence-corrected chi connectivity index (χ0v) is 13.7. The lowest BCUT2D eigenvalue weighted by molar-refractivity contribution is -0.155. The maximum atomic E-state index is 11.6. The summed E-state index contributed by atoms with van der Waals surface area (Å²) in [6, 6.07) is 2.11. The second kappa shape index (κ2) is 6.68. The molecular weight excluding hydrogens is 314 g/mol. The van der Waals surface area contributed by atoms with E-state index in [2.05, 4.69) is 32.3 Å². The third-order valence-electron chi connectivity index (χ3n) is 2.17. The fourth-order valence-electron chi connectivity index (χ4n) is 1.46. The first-order chi connectivity index (χ1) is 8.26. The van der Waals surface area contributed by atoms with Crippen molar-refractivity contribution in [1.29, 1.82) is 0 Å². The molecule has 102 valence electrons. The van der Waals surface area contributed by atoms with Crippen LogP contribution in [-0.2, 0) is 16.1 Å². The van der Waals surface area contributed by atoms with Crippen LogP contribution >= 0.6 is 27.3 Å². The van der Waals surface area contributed by atoms with Crippen molar-refractivity contribution in [2.75, 3.05) is 13.6 Å². The highest BCUT2D eigenvalue weighted by Crippen LogP contribution is 2.20. The lowest BCUT2D eigenvalue weighted by Crippen LogP contribution is -2.27. The predicted molar refractivity (Wildman–Crippen MR) is 78.8 cm³/mol. The van der Waals surface area contributed by atoms with Gasteiger partial charge in [-0.3, -0.25) is 4.79 Å². The third kappa shape index (κ3) is 6.52. The van der Waals surface area contributed by atoms with Gasteiger partial charge in [-0.15, -0.1) is 11.3 Å². The zero-order valence-electron chi connectivity index (χ0n) is 11.3. The molecule has 0 atom stereocenters. The van der Waals surface area contributed by atoms with Crippen LogP contribution in [0, 0.1) is 0 Å². The van der Waals surface area contributed by atoms with Crippen LogP contribution in [0.15, 0.2) is 15.9 Å². The van der Waals surface area contributed by atoms with Gasteiger partial charge in [0.15, 0.2) is 0 Å². The highest BCUT2D eigenvalue weighted by Gasteiger charge is 2.16. The van der Waals surface area contributed by atoms with Gasteiger partial charge in [0, 0.05) is 27.8 Å². The molecule has 0 amide bonds. The van der Waals surface area contributed by atoms with Crippen molar-refractivity contribution in [2.24, 2.45) is 0 Å². The summed E-state index contributed by atoms with van der Waals surface area (Å²) in [7, 11) is 2.01. The van der Waals surface area contributed by atoms with E-state index in [1.165, 1.54) is 4.88 Å². The normalized spacial score (nSPS) is 11.9. The Kier molecular flexibility index (Phi) is 5.82. The lowest BCUT2D eigenvalue weighted by atomic mass is 10.2. The van der Waals surface area contributed by atoms with Crippen LogP contribution in [-0.4, -0.2) is 30.1 Å². The average Bonchev–Trinajstić information content (AvgIpc) is 2.58. The van der Waals surface area contributed by atoms with Crippen LogP contribution in [0.5, 0.6) is 0 Å². The minimum absolute atomic E-state index is 0.137. The molecule has 1 rings (SSSR count). The Balaban J connectivity index is 2.29. The molecule has 0 aliphatic heterocycles. The van der Waals surface area contributed by atoms with Gasteiger partial charge in [-0.05, 0) is 49.8 Å². The van der Waals surface area contributed by atoms with Crippen molar-refractivity contribution in [3.63, 3.8) is 0 Å². The van der Waals surface area contributed by atoms with Crippen LogP contribution in [0.2, 0.25) is 0 Å². The number of ether oxygens (including phenoxy) is 1. The number of hydrogen-bond donors (Lipinski definition) is 0. The van der Waals surface area contributed by atoms with Crippen molar-refractivity contribution in [2.45, 2.75) is 39.3 Å². The summed E-state index contributed by atoms with van der Waals surface area (Å²) in [4.78, 5) is 15.0. The van der Waals surface area contributed by atoms with Crippen LogP contribution < -0.4 is 0 Å². The maximum absolute atomic E-state index is 11.6. The van der Waals surface area contributed by atoms with Crippen LogP contribution in [0.25, 0.3) is 0 Å². The summed E-state index contributed by atoms with van der Waals surface area (Å²) in [5.41, 5.74) is -0.395. The summed E-state index contributed by atoms with van der Waals surface area (Å²) in [5.74, 6) is -0.137. The van der Waals surface area contributed by atoms with Gasteiger partial charge in [-0.2, -0.15) is 0 Å². The molecule has 5 heteroatoms. The third-order valence-corrected chi connectivity index (χ3v) is 3.85. The summed E-state index contributed by atoms with van der Waals surface area (Å²) >= 11 is 5.15. The summed E-state index contributed by atoms with van der Waals surface area (Å²) in [6.45, 7) is 7.23. The molecule has 1 aromatic heterocycles. The van der Waals surface area contributed by atoms with E-state index in [1.54, 1.807) is 11.3 Å². The number of carbonyl (C=O) groups is 1. The van der Waals surface area contributed by atoms with Crippen LogP contribution in [0.4, 0.5) is 0 Å². The molecule has 1 aromatic rings. The van der Waals surface area contributed by atoms with Crippen LogP contribution in [0.3, 0.4) is 0 Å². The fourth-order valence-corrected chi connectivity index (χ4v) is 2.99. The molecular formula is C13H20BrNO2S. The molecule has 0 unspecified atom stereocenters. The first-order valence-electron chi connectivity index (χ1n) is 5.89. The summed E-state index contributed by atoms with van der Waals surface area (Å²) in [5, 5.41) is 2.07. The number of esters is 1. The topological polar surface area (TPSA) is 29.5 Å². The predicted octanol–water partition coefficient (Wildman–Crippen LogP) is 3.67. The van der Waals surface area contributed by atoms with E-state index < -0.39 is 5.60 Å². The number of thiophene rings is 1. The lowest BCUT2D eigenvalue weighted by Gasteiger charge is -2.21. The minimum Gasteiger partial charge on any atom is -0.460 e. The van der Waals surface area contributed by atoms with Gasteiger partial charge < -0.3 is 9.64 Å². The summed E-state index contributed by atoms with van der Waals surface area (Å²) in [6.07, 6.45) is 0.431. The number of hydrogen-bond acceptors (Lipinski definition) is 4. The Morgan fingerprint density at radius 1 is 1.50 bits per heavy atom. The maximum Gasteiger partial charge on any atom is 0.307 e. The van der Waals surface area contributed by atoms with Crippen LogP contribution in [0.1, 0.15) is 32.1 Å². The standard InChI is InChI=1S/C13H20BrNO2S/c1-13(2,3)17-12(16)5-6-15(4)8-11-7-10(14)9-18-11/h7,9H,5-6,8H2,1-4H3. The van der Waals surface area contributed by atoms with Crippen molar-refractivity contribution in [3.05, 3.63) is 20.8 Å². The van der Waals surface area contributed by atoms with E-state index in [9.17, 15) is 4.79 Å². The van der Waals surface area contributed by atoms with Gasteiger partial charge >= 0.3 is 5.97 Å². The average molecular weight is 334 g/mol. The van der Waals surface area contributed by atoms with E-state index in [0.717, 1.165) is 11.0 Å². The van der Waals surface area contributed by atoms with E-state index >= 15 is 0 Å². The smallest absolute Gasteiger partial charge is 0.307 e. The second-order valence-corrected chi connectivity index (χ2v) is 7.22. The molecule has 0 saturated heterocycles. The largest absolute Gasteiger partial charge is 0.460 e. The molecule has 0 saturated carbocycles. The monoisotopic (exact) mass is 333 g/mol. The van der Waals surface area contributed by atoms with Crippen molar-refractivity contribution < 1.29 is 9.53 Å². The van der Waals surface area contributed by atoms with Gasteiger partial charge in [0.2, 0.25) is 0 Å². The first-order valence-corrected chi connectivity index (χ1v) is 7.57. The molecule has 0 bridgehead atoms. The van der Waals surface area contributed by atoms with E-state index in [0.29, 0.717) is 13.0 Å². The molecule has 0 N–H and O–H groups in total. The van der Waals surface area contributed by atoms with Gasteiger partial charge in [0.25, 0.3) is 0 Å². The second-order valence-electron chi connectivity index (χ2n) is 5.31. The number of nitrogens with zero attached hydrogens (tertiary/aromatic N) is 1. The SMILES string of the molecule is CN(CCC(=O)OC(C)(C)C)Cc1cc(Br)cs1. The zero-order chi connectivity index (χ0) is 13.8. The van der Waals surface area contributed by atoms with E-state index in [1.807, 2.05) is 27.8 Å². The number of carbonyl (C=O) groups excluding carboxylic acids is 1. The molecule has 18 heavy (non-hydrogen) atoms. The van der Waals surface area contributed by atoms with E-state index in [4.69, 9.17) is 4.74 Å². The van der Waals surface area contributed by atoms with Crippen molar-refractivity contribution in [3.8, 4) is 0 Å². The molecule has 3 nitrogen and oxygen atoms in total. The molecule has 0 spiro atoms. The molecule has 1 heterocycles. The molecule has 0 aliphatic rings. The van der Waals surface area contributed by atoms with Crippen molar-refractivity contribution in [1.82, 2.24) is 4.90 Å². The Morgan fingerprint density at radius 2 is 2.17 bits per heavy atom. The Hall–Kier alpha value is -0.390. The van der Waals surface area contributed by atoms with Crippen molar-refractivity contribution >= 4 is 33.2 Å². The molecule has 0 aliphatic carbocycles. The quantitative estimate of drug-likeness (QED) is 0.770. The highest BCUT2D eigenvalue weighted by molar-refractivity contribution is 9.10. The first kappa shape index (κ1) is 15.7. The fraction of sp³-hybridized carbons (Fsp3) is 0.615. The highest BCUT2D eigenvalue weighted by atomic mass is 79.9. The van der Waals surface area contributed by atoms with E-state index in [-0.39, 0.29) is 5.97 Å². The molecule has 0 aromatic carbocycles. The Labute approximate surface area is 121 Å². The van der Waals surface area contributed by atoms with Gasteiger partial charge in [0.05, 0.1) is 6.42 Å². The number of halogens is 1. The Morgan fingerprint density at radius 3 is 2.67 bits per heavy atom. The minimum atomic E-state index is -0.395. The Bertz CT molecular complexity index is 398. The molecule has 0 fully saturated rings. The molecule has 0 radical (unpaired) electrons. The van der Waals surface area contributed by atoms with Gasteiger partial charge in [-0.25, -0.2) is 0 Å². The summed E-state index contributed by atoms with van der Waals surface area (Å²) < 4.78 is 6.39. The number of rotatable bonds is 5.